The van der Waals surface area contributed by atoms with E-state index in [-0.39, 0.29) is 27.1 Å². The number of sulfonamides is 1. The maximum atomic E-state index is 12.6. The van der Waals surface area contributed by atoms with Crippen molar-refractivity contribution in [3.8, 4) is 11.5 Å². The van der Waals surface area contributed by atoms with Gasteiger partial charge in [0.25, 0.3) is 20.1 Å². The second-order valence-corrected chi connectivity index (χ2v) is 10.1. The molecule has 2 N–H and O–H groups in total. The Morgan fingerprint density at radius 3 is 2.17 bits per heavy atom. The molecule has 0 atom stereocenters. The monoisotopic (exact) mass is 487 g/mol. The summed E-state index contributed by atoms with van der Waals surface area (Å²) in [5, 5.41) is 0.562. The van der Waals surface area contributed by atoms with Gasteiger partial charge in [-0.15, -0.1) is 0 Å². The van der Waals surface area contributed by atoms with E-state index in [2.05, 4.69) is 4.72 Å². The second kappa shape index (κ2) is 8.44. The molecule has 0 heterocycles. The van der Waals surface area contributed by atoms with Crippen molar-refractivity contribution in [2.75, 3.05) is 4.72 Å². The standard InChI is InChI=1S/C19H15Cl2NO6S2/c1-12-2-6-15(7-3-12)29(23,24)22-17-8-5-14(11-19(17)30(25,26)27)28-18-9-4-13(20)10-16(18)21/h2-11,22H,1H3,(H,25,26,27). The number of halogens is 2. The number of anilines is 1. The first kappa shape index (κ1) is 22.4. The summed E-state index contributed by atoms with van der Waals surface area (Å²) in [6.07, 6.45) is 0. The minimum atomic E-state index is -4.79. The van der Waals surface area contributed by atoms with Gasteiger partial charge in [-0.05, 0) is 49.4 Å². The Kier molecular flexibility index (Phi) is 6.30. The summed E-state index contributed by atoms with van der Waals surface area (Å²) in [5.74, 6) is 0.195. The third-order valence-electron chi connectivity index (χ3n) is 3.93. The van der Waals surface area contributed by atoms with Crippen LogP contribution >= 0.6 is 23.2 Å². The van der Waals surface area contributed by atoms with Gasteiger partial charge in [0.15, 0.2) is 0 Å². The lowest BCUT2D eigenvalue weighted by molar-refractivity contribution is 0.472. The largest absolute Gasteiger partial charge is 0.456 e. The number of hydrogen-bond acceptors (Lipinski definition) is 5. The van der Waals surface area contributed by atoms with E-state index in [4.69, 9.17) is 27.9 Å². The van der Waals surface area contributed by atoms with Crippen LogP contribution in [0.3, 0.4) is 0 Å². The van der Waals surface area contributed by atoms with Gasteiger partial charge >= 0.3 is 0 Å². The zero-order valence-electron chi connectivity index (χ0n) is 15.3. The summed E-state index contributed by atoms with van der Waals surface area (Å²) in [5.41, 5.74) is 0.516. The third kappa shape index (κ3) is 5.24. The van der Waals surface area contributed by atoms with Gasteiger partial charge in [0.2, 0.25) is 0 Å². The SMILES string of the molecule is Cc1ccc(S(=O)(=O)Nc2ccc(Oc3ccc(Cl)cc3Cl)cc2S(=O)(=O)O)cc1. The summed E-state index contributed by atoms with van der Waals surface area (Å²) in [4.78, 5) is -0.747. The molecule has 0 aliphatic carbocycles. The summed E-state index contributed by atoms with van der Waals surface area (Å²) in [7, 11) is -8.89. The fourth-order valence-corrected chi connectivity index (χ4v) is 4.72. The van der Waals surface area contributed by atoms with Crippen LogP contribution in [0.15, 0.2) is 70.5 Å². The fraction of sp³-hybridized carbons (Fsp3) is 0.0526. The Bertz CT molecular complexity index is 1310. The molecule has 0 unspecified atom stereocenters. The molecule has 11 heteroatoms. The first-order valence-corrected chi connectivity index (χ1v) is 12.0. The minimum Gasteiger partial charge on any atom is -0.456 e. The number of benzene rings is 3. The van der Waals surface area contributed by atoms with Crippen LogP contribution in [0.25, 0.3) is 0 Å². The van der Waals surface area contributed by atoms with E-state index < -0.39 is 25.0 Å². The highest BCUT2D eigenvalue weighted by Crippen LogP contribution is 2.34. The summed E-state index contributed by atoms with van der Waals surface area (Å²) in [6.45, 7) is 1.80. The van der Waals surface area contributed by atoms with Gasteiger partial charge in [0.05, 0.1) is 15.6 Å². The van der Waals surface area contributed by atoms with Crippen LogP contribution in [0.2, 0.25) is 10.0 Å². The van der Waals surface area contributed by atoms with Crippen LogP contribution in [-0.4, -0.2) is 21.4 Å². The molecule has 0 bridgehead atoms. The zero-order chi connectivity index (χ0) is 22.1. The first-order valence-electron chi connectivity index (χ1n) is 8.30. The van der Waals surface area contributed by atoms with E-state index in [1.807, 2.05) is 0 Å². The molecule has 3 rings (SSSR count). The van der Waals surface area contributed by atoms with Gasteiger partial charge < -0.3 is 4.74 Å². The predicted octanol–water partition coefficient (Wildman–Crippen LogP) is 5.14. The van der Waals surface area contributed by atoms with Crippen LogP contribution in [-0.2, 0) is 20.1 Å². The first-order chi connectivity index (χ1) is 14.0. The van der Waals surface area contributed by atoms with E-state index in [1.54, 1.807) is 19.1 Å². The third-order valence-corrected chi connectivity index (χ3v) is 6.73. The van der Waals surface area contributed by atoms with Crippen molar-refractivity contribution in [3.05, 3.63) is 76.3 Å². The van der Waals surface area contributed by atoms with Crippen LogP contribution in [0.5, 0.6) is 11.5 Å². The lowest BCUT2D eigenvalue weighted by atomic mass is 10.2. The molecular formula is C19H15Cl2NO6S2. The molecule has 0 amide bonds. The summed E-state index contributed by atoms with van der Waals surface area (Å²) in [6, 6.07) is 13.9. The van der Waals surface area contributed by atoms with Gasteiger partial charge in [0.1, 0.15) is 16.4 Å². The number of nitrogens with one attached hydrogen (secondary N) is 1. The minimum absolute atomic E-state index is 0.00475. The smallest absolute Gasteiger partial charge is 0.296 e. The summed E-state index contributed by atoms with van der Waals surface area (Å²) >= 11 is 11.9. The number of hydrogen-bond donors (Lipinski definition) is 2. The van der Waals surface area contributed by atoms with E-state index in [1.165, 1.54) is 36.4 Å². The van der Waals surface area contributed by atoms with Crippen LogP contribution in [0, 0.1) is 6.92 Å². The Hall–Kier alpha value is -2.30. The van der Waals surface area contributed by atoms with Crippen LogP contribution in [0.4, 0.5) is 5.69 Å². The van der Waals surface area contributed by atoms with Crippen LogP contribution in [0.1, 0.15) is 5.56 Å². The van der Waals surface area contributed by atoms with Crippen molar-refractivity contribution in [3.63, 3.8) is 0 Å². The molecule has 0 fully saturated rings. The lowest BCUT2D eigenvalue weighted by Crippen LogP contribution is -2.15. The fourth-order valence-electron chi connectivity index (χ4n) is 2.47. The summed E-state index contributed by atoms with van der Waals surface area (Å²) < 4.78 is 66.2. The molecule has 158 valence electrons. The molecule has 0 saturated heterocycles. The molecule has 0 aliphatic rings. The Labute approximate surface area is 184 Å². The van der Waals surface area contributed by atoms with Gasteiger partial charge in [0, 0.05) is 11.1 Å². The normalized spacial score (nSPS) is 11.9. The topological polar surface area (TPSA) is 110 Å². The predicted molar refractivity (Wildman–Crippen MR) is 115 cm³/mol. The van der Waals surface area contributed by atoms with Gasteiger partial charge in [-0.3, -0.25) is 9.27 Å². The van der Waals surface area contributed by atoms with Gasteiger partial charge in [-0.1, -0.05) is 40.9 Å². The zero-order valence-corrected chi connectivity index (χ0v) is 18.5. The Balaban J connectivity index is 1.98. The molecule has 0 aliphatic heterocycles. The number of ether oxygens (including phenoxy) is 1. The lowest BCUT2D eigenvalue weighted by Gasteiger charge is -2.14. The van der Waals surface area contributed by atoms with Crippen molar-refractivity contribution in [2.24, 2.45) is 0 Å². The molecule has 0 saturated carbocycles. The Morgan fingerprint density at radius 2 is 1.57 bits per heavy atom. The maximum Gasteiger partial charge on any atom is 0.296 e. The highest BCUT2D eigenvalue weighted by Gasteiger charge is 2.22. The number of rotatable bonds is 6. The van der Waals surface area contributed by atoms with Crippen molar-refractivity contribution in [1.82, 2.24) is 0 Å². The Morgan fingerprint density at radius 1 is 0.900 bits per heavy atom. The van der Waals surface area contributed by atoms with Gasteiger partial charge in [-0.25, -0.2) is 8.42 Å². The molecule has 0 radical (unpaired) electrons. The molecule has 7 nitrogen and oxygen atoms in total. The molecule has 30 heavy (non-hydrogen) atoms. The molecule has 0 spiro atoms. The maximum absolute atomic E-state index is 12.6. The highest BCUT2D eigenvalue weighted by atomic mass is 35.5. The van der Waals surface area contributed by atoms with Crippen molar-refractivity contribution in [1.29, 1.82) is 0 Å². The molecule has 3 aromatic carbocycles. The highest BCUT2D eigenvalue weighted by molar-refractivity contribution is 7.93. The van der Waals surface area contributed by atoms with E-state index in [0.717, 1.165) is 17.7 Å². The van der Waals surface area contributed by atoms with Gasteiger partial charge in [-0.2, -0.15) is 8.42 Å². The molecule has 3 aromatic rings. The molecule has 0 aromatic heterocycles. The average Bonchev–Trinajstić information content (AvgIpc) is 2.64. The van der Waals surface area contributed by atoms with Crippen molar-refractivity contribution < 1.29 is 26.1 Å². The van der Waals surface area contributed by atoms with Crippen LogP contribution < -0.4 is 9.46 Å². The second-order valence-electron chi connectivity index (χ2n) is 6.23. The average molecular weight is 488 g/mol. The van der Waals surface area contributed by atoms with E-state index in [0.29, 0.717) is 5.02 Å². The van der Waals surface area contributed by atoms with E-state index >= 15 is 0 Å². The van der Waals surface area contributed by atoms with E-state index in [9.17, 15) is 21.4 Å². The van der Waals surface area contributed by atoms with Crippen molar-refractivity contribution >= 4 is 49.0 Å². The number of aryl methyl sites for hydroxylation is 1. The van der Waals surface area contributed by atoms with Crippen molar-refractivity contribution in [2.45, 2.75) is 16.7 Å². The molecular weight excluding hydrogens is 473 g/mol. The quantitative estimate of drug-likeness (QED) is 0.465.